The molecule has 1 fully saturated rings. The average molecular weight is 253 g/mol. The summed E-state index contributed by atoms with van der Waals surface area (Å²) in [7, 11) is 0. The van der Waals surface area contributed by atoms with Crippen LogP contribution in [0.25, 0.3) is 0 Å². The van der Waals surface area contributed by atoms with E-state index in [0.29, 0.717) is 0 Å². The molecule has 17 heavy (non-hydrogen) atoms. The maximum absolute atomic E-state index is 6.32. The molecular formula is C14H21ClN2. The van der Waals surface area contributed by atoms with E-state index in [9.17, 15) is 0 Å². The van der Waals surface area contributed by atoms with E-state index in [1.54, 1.807) is 0 Å². The molecule has 1 N–H and O–H groups in total. The number of nitrogens with one attached hydrogen (secondary N) is 1. The van der Waals surface area contributed by atoms with Crippen LogP contribution in [0.15, 0.2) is 24.3 Å². The van der Waals surface area contributed by atoms with Crippen LogP contribution in [0.5, 0.6) is 0 Å². The molecule has 0 bridgehead atoms. The van der Waals surface area contributed by atoms with E-state index in [4.69, 9.17) is 11.6 Å². The summed E-state index contributed by atoms with van der Waals surface area (Å²) in [6.45, 7) is 10.9. The second-order valence-electron chi connectivity index (χ2n) is 6.09. The van der Waals surface area contributed by atoms with Crippen LogP contribution < -0.4 is 10.2 Å². The van der Waals surface area contributed by atoms with Gasteiger partial charge in [0.1, 0.15) is 0 Å². The lowest BCUT2D eigenvalue weighted by molar-refractivity contribution is 0.261. The highest BCUT2D eigenvalue weighted by Crippen LogP contribution is 2.34. The van der Waals surface area contributed by atoms with Crippen LogP contribution in [-0.2, 0) is 0 Å². The number of anilines is 1. The van der Waals surface area contributed by atoms with Crippen molar-refractivity contribution in [1.29, 1.82) is 0 Å². The fraction of sp³-hybridized carbons (Fsp3) is 0.571. The van der Waals surface area contributed by atoms with Crippen molar-refractivity contribution in [2.24, 2.45) is 0 Å². The molecule has 0 aliphatic carbocycles. The van der Waals surface area contributed by atoms with Crippen molar-refractivity contribution in [3.8, 4) is 0 Å². The van der Waals surface area contributed by atoms with E-state index in [1.165, 1.54) is 0 Å². The molecule has 0 saturated carbocycles. The summed E-state index contributed by atoms with van der Waals surface area (Å²) < 4.78 is 0. The third-order valence-corrected chi connectivity index (χ3v) is 3.75. The summed E-state index contributed by atoms with van der Waals surface area (Å²) in [4.78, 5) is 2.41. The summed E-state index contributed by atoms with van der Waals surface area (Å²) in [5.74, 6) is 0. The summed E-state index contributed by atoms with van der Waals surface area (Å²) in [5, 5.41) is 4.41. The Morgan fingerprint density at radius 3 is 2.47 bits per heavy atom. The van der Waals surface area contributed by atoms with Gasteiger partial charge in [-0.05, 0) is 39.8 Å². The molecule has 1 saturated heterocycles. The van der Waals surface area contributed by atoms with Gasteiger partial charge in [0, 0.05) is 24.2 Å². The van der Waals surface area contributed by atoms with Crippen LogP contribution in [0.1, 0.15) is 27.7 Å². The zero-order chi connectivity index (χ0) is 12.7. The van der Waals surface area contributed by atoms with Crippen molar-refractivity contribution < 1.29 is 0 Å². The molecule has 3 heteroatoms. The minimum atomic E-state index is 0.0838. The third-order valence-electron chi connectivity index (χ3n) is 3.43. The van der Waals surface area contributed by atoms with E-state index >= 15 is 0 Å². The second-order valence-corrected chi connectivity index (χ2v) is 6.49. The number of halogens is 1. The molecule has 2 rings (SSSR count). The summed E-state index contributed by atoms with van der Waals surface area (Å²) in [5.41, 5.74) is 1.34. The molecule has 2 nitrogen and oxygen atoms in total. The molecule has 1 aliphatic heterocycles. The highest BCUT2D eigenvalue weighted by Gasteiger charge is 2.38. The molecular weight excluding hydrogens is 232 g/mol. The zero-order valence-electron chi connectivity index (χ0n) is 11.0. The van der Waals surface area contributed by atoms with Gasteiger partial charge in [0.2, 0.25) is 0 Å². The Morgan fingerprint density at radius 1 is 1.18 bits per heavy atom. The van der Waals surface area contributed by atoms with Crippen LogP contribution >= 0.6 is 11.6 Å². The van der Waals surface area contributed by atoms with Gasteiger partial charge in [-0.2, -0.15) is 0 Å². The highest BCUT2D eigenvalue weighted by molar-refractivity contribution is 6.33. The Labute approximate surface area is 109 Å². The molecule has 0 aromatic heterocycles. The number of rotatable bonds is 1. The van der Waals surface area contributed by atoms with Gasteiger partial charge in [0.15, 0.2) is 0 Å². The fourth-order valence-corrected chi connectivity index (χ4v) is 2.54. The van der Waals surface area contributed by atoms with Gasteiger partial charge >= 0.3 is 0 Å². The maximum Gasteiger partial charge on any atom is 0.0639 e. The van der Waals surface area contributed by atoms with Gasteiger partial charge in [-0.3, -0.25) is 0 Å². The normalized spacial score (nSPS) is 22.5. The molecule has 1 heterocycles. The smallest absolute Gasteiger partial charge is 0.0639 e. The maximum atomic E-state index is 6.32. The van der Waals surface area contributed by atoms with E-state index in [2.05, 4.69) is 44.0 Å². The molecule has 94 valence electrons. The van der Waals surface area contributed by atoms with Gasteiger partial charge < -0.3 is 10.2 Å². The molecule has 0 amide bonds. The summed E-state index contributed by atoms with van der Waals surface area (Å²) in [6.07, 6.45) is 0. The summed E-state index contributed by atoms with van der Waals surface area (Å²) in [6, 6.07) is 8.09. The van der Waals surface area contributed by atoms with Crippen molar-refractivity contribution in [1.82, 2.24) is 5.32 Å². The number of benzene rings is 1. The van der Waals surface area contributed by atoms with Gasteiger partial charge in [-0.25, -0.2) is 0 Å². The Balaban J connectivity index is 2.38. The SMILES string of the molecule is CC1(C)CN(c2ccccc2Cl)C(C)(C)CN1. The van der Waals surface area contributed by atoms with Crippen LogP contribution in [-0.4, -0.2) is 24.2 Å². The van der Waals surface area contributed by atoms with Crippen molar-refractivity contribution in [2.75, 3.05) is 18.0 Å². The first-order valence-electron chi connectivity index (χ1n) is 6.09. The Morgan fingerprint density at radius 2 is 1.82 bits per heavy atom. The minimum absolute atomic E-state index is 0.0838. The quantitative estimate of drug-likeness (QED) is 0.825. The molecule has 0 spiro atoms. The largest absolute Gasteiger partial charge is 0.362 e. The molecule has 0 radical (unpaired) electrons. The highest BCUT2D eigenvalue weighted by atomic mass is 35.5. The van der Waals surface area contributed by atoms with Crippen LogP contribution in [0.3, 0.4) is 0 Å². The Bertz CT molecular complexity index is 412. The zero-order valence-corrected chi connectivity index (χ0v) is 11.8. The van der Waals surface area contributed by atoms with Gasteiger partial charge in [0.05, 0.1) is 10.7 Å². The lowest BCUT2D eigenvalue weighted by Gasteiger charge is -2.51. The van der Waals surface area contributed by atoms with Crippen molar-refractivity contribution >= 4 is 17.3 Å². The Hall–Kier alpha value is -0.730. The molecule has 1 aromatic rings. The number of hydrogen-bond donors (Lipinski definition) is 1. The van der Waals surface area contributed by atoms with Gasteiger partial charge in [-0.15, -0.1) is 0 Å². The lowest BCUT2D eigenvalue weighted by atomic mass is 9.91. The third kappa shape index (κ3) is 2.58. The monoisotopic (exact) mass is 252 g/mol. The van der Waals surface area contributed by atoms with Crippen molar-refractivity contribution in [3.05, 3.63) is 29.3 Å². The minimum Gasteiger partial charge on any atom is -0.362 e. The average Bonchev–Trinajstić information content (AvgIpc) is 2.23. The first-order valence-corrected chi connectivity index (χ1v) is 6.47. The second kappa shape index (κ2) is 4.18. The van der Waals surface area contributed by atoms with Gasteiger partial charge in [-0.1, -0.05) is 23.7 Å². The number of nitrogens with zero attached hydrogens (tertiary/aromatic N) is 1. The fourth-order valence-electron chi connectivity index (χ4n) is 2.30. The van der Waals surface area contributed by atoms with E-state index < -0.39 is 0 Å². The molecule has 1 aliphatic rings. The first kappa shape index (κ1) is 12.7. The molecule has 0 unspecified atom stereocenters. The van der Waals surface area contributed by atoms with E-state index in [0.717, 1.165) is 23.8 Å². The molecule has 1 aromatic carbocycles. The van der Waals surface area contributed by atoms with Crippen LogP contribution in [0.2, 0.25) is 5.02 Å². The number of para-hydroxylation sites is 1. The molecule has 0 atom stereocenters. The summed E-state index contributed by atoms with van der Waals surface area (Å²) >= 11 is 6.32. The van der Waals surface area contributed by atoms with E-state index in [1.807, 2.05) is 18.2 Å². The first-order chi connectivity index (χ1) is 7.82. The van der Waals surface area contributed by atoms with Crippen molar-refractivity contribution in [2.45, 2.75) is 38.8 Å². The van der Waals surface area contributed by atoms with Crippen molar-refractivity contribution in [3.63, 3.8) is 0 Å². The van der Waals surface area contributed by atoms with E-state index in [-0.39, 0.29) is 11.1 Å². The standard InChI is InChI=1S/C14H21ClN2/c1-13(2)10-17(14(3,4)9-16-13)12-8-6-5-7-11(12)15/h5-8,16H,9-10H2,1-4H3. The lowest BCUT2D eigenvalue weighted by Crippen LogP contribution is -2.66. The van der Waals surface area contributed by atoms with Crippen LogP contribution in [0.4, 0.5) is 5.69 Å². The van der Waals surface area contributed by atoms with Crippen LogP contribution in [0, 0.1) is 0 Å². The number of hydrogen-bond acceptors (Lipinski definition) is 2. The Kier molecular flexibility index (Phi) is 3.13. The topological polar surface area (TPSA) is 15.3 Å². The number of piperazine rings is 1. The predicted octanol–water partition coefficient (Wildman–Crippen LogP) is 3.31. The predicted molar refractivity (Wildman–Crippen MR) is 75.0 cm³/mol. The van der Waals surface area contributed by atoms with Gasteiger partial charge in [0.25, 0.3) is 0 Å².